The number of phenolic OH excluding ortho intramolecular Hbond substituents is 1. The van der Waals surface area contributed by atoms with Gasteiger partial charge in [-0.25, -0.2) is 0 Å². The van der Waals surface area contributed by atoms with Crippen molar-refractivity contribution in [3.8, 4) is 5.75 Å². The standard InChI is InChI=1S/C15H24N2O2/c1-6-17(14(19)13(16)15(3,4)5)12-9-11(18)8-7-10(12)2/h7-9,13,18H,6,16H2,1-5H3/t13-/m0/s1. The maximum absolute atomic E-state index is 12.5. The minimum Gasteiger partial charge on any atom is -0.508 e. The van der Waals surface area contributed by atoms with E-state index >= 15 is 0 Å². The number of nitrogens with zero attached hydrogens (tertiary/aromatic N) is 1. The van der Waals surface area contributed by atoms with Crippen LogP contribution in [0.15, 0.2) is 18.2 Å². The van der Waals surface area contributed by atoms with Crippen LogP contribution in [0.2, 0.25) is 0 Å². The number of nitrogens with two attached hydrogens (primary N) is 1. The van der Waals surface area contributed by atoms with Gasteiger partial charge in [-0.3, -0.25) is 4.79 Å². The second-order valence-electron chi connectivity index (χ2n) is 5.90. The van der Waals surface area contributed by atoms with E-state index in [1.54, 1.807) is 23.1 Å². The van der Waals surface area contributed by atoms with Gasteiger partial charge in [-0.1, -0.05) is 26.8 Å². The van der Waals surface area contributed by atoms with Gasteiger partial charge in [0.15, 0.2) is 0 Å². The average Bonchev–Trinajstić information content (AvgIpc) is 2.32. The fraction of sp³-hybridized carbons (Fsp3) is 0.533. The van der Waals surface area contributed by atoms with Gasteiger partial charge in [0, 0.05) is 12.6 Å². The second-order valence-corrected chi connectivity index (χ2v) is 5.90. The van der Waals surface area contributed by atoms with E-state index in [0.717, 1.165) is 5.56 Å². The zero-order valence-corrected chi connectivity index (χ0v) is 12.4. The molecule has 0 spiro atoms. The summed E-state index contributed by atoms with van der Waals surface area (Å²) in [4.78, 5) is 14.1. The van der Waals surface area contributed by atoms with Crippen molar-refractivity contribution in [1.29, 1.82) is 0 Å². The van der Waals surface area contributed by atoms with Gasteiger partial charge in [0.1, 0.15) is 5.75 Å². The lowest BCUT2D eigenvalue weighted by atomic mass is 9.86. The van der Waals surface area contributed by atoms with Gasteiger partial charge in [-0.05, 0) is 30.9 Å². The van der Waals surface area contributed by atoms with Gasteiger partial charge in [0.05, 0.1) is 11.7 Å². The van der Waals surface area contributed by atoms with Crippen LogP contribution >= 0.6 is 0 Å². The molecule has 0 saturated carbocycles. The van der Waals surface area contributed by atoms with Crippen LogP contribution in [-0.2, 0) is 4.79 Å². The van der Waals surface area contributed by atoms with Crippen LogP contribution in [0.5, 0.6) is 5.75 Å². The molecule has 0 aliphatic rings. The molecule has 1 atom stereocenters. The van der Waals surface area contributed by atoms with Gasteiger partial charge in [0.2, 0.25) is 5.91 Å². The smallest absolute Gasteiger partial charge is 0.244 e. The molecule has 106 valence electrons. The molecule has 0 radical (unpaired) electrons. The van der Waals surface area contributed by atoms with E-state index in [9.17, 15) is 9.90 Å². The van der Waals surface area contributed by atoms with Crippen molar-refractivity contribution < 1.29 is 9.90 Å². The third-order valence-electron chi connectivity index (χ3n) is 3.26. The molecule has 0 saturated heterocycles. The molecule has 1 rings (SSSR count). The Hall–Kier alpha value is -1.55. The maximum atomic E-state index is 12.5. The van der Waals surface area contributed by atoms with Crippen molar-refractivity contribution in [3.05, 3.63) is 23.8 Å². The molecule has 1 aromatic rings. The number of hydrogen-bond acceptors (Lipinski definition) is 3. The Balaban J connectivity index is 3.14. The molecule has 0 aliphatic heterocycles. The normalized spacial score (nSPS) is 13.2. The molecule has 4 nitrogen and oxygen atoms in total. The Kier molecular flexibility index (Phi) is 4.58. The first-order valence-corrected chi connectivity index (χ1v) is 6.55. The fourth-order valence-corrected chi connectivity index (χ4v) is 1.87. The quantitative estimate of drug-likeness (QED) is 0.881. The molecule has 4 heteroatoms. The number of aryl methyl sites for hydroxylation is 1. The zero-order chi connectivity index (χ0) is 14.8. The third kappa shape index (κ3) is 3.47. The Bertz CT molecular complexity index is 464. The Morgan fingerprint density at radius 2 is 2.00 bits per heavy atom. The predicted octanol–water partition coefficient (Wildman–Crippen LogP) is 2.43. The first kappa shape index (κ1) is 15.5. The lowest BCUT2D eigenvalue weighted by molar-refractivity contribution is -0.121. The topological polar surface area (TPSA) is 66.6 Å². The molecule has 1 amide bonds. The molecular weight excluding hydrogens is 240 g/mol. The minimum absolute atomic E-state index is 0.122. The summed E-state index contributed by atoms with van der Waals surface area (Å²) >= 11 is 0. The van der Waals surface area contributed by atoms with Crippen molar-refractivity contribution in [2.24, 2.45) is 11.1 Å². The van der Waals surface area contributed by atoms with Gasteiger partial charge in [0.25, 0.3) is 0 Å². The van der Waals surface area contributed by atoms with Crippen molar-refractivity contribution in [2.75, 3.05) is 11.4 Å². The maximum Gasteiger partial charge on any atom is 0.244 e. The molecule has 0 aliphatic carbocycles. The van der Waals surface area contributed by atoms with Crippen LogP contribution in [0.4, 0.5) is 5.69 Å². The Morgan fingerprint density at radius 3 is 2.47 bits per heavy atom. The van der Waals surface area contributed by atoms with Gasteiger partial charge in [-0.15, -0.1) is 0 Å². The predicted molar refractivity (Wildman–Crippen MR) is 78.3 cm³/mol. The highest BCUT2D eigenvalue weighted by Gasteiger charge is 2.31. The summed E-state index contributed by atoms with van der Waals surface area (Å²) in [7, 11) is 0. The number of carbonyl (C=O) groups is 1. The monoisotopic (exact) mass is 264 g/mol. The number of benzene rings is 1. The lowest BCUT2D eigenvalue weighted by Gasteiger charge is -2.32. The van der Waals surface area contributed by atoms with E-state index in [4.69, 9.17) is 5.73 Å². The van der Waals surface area contributed by atoms with Crippen LogP contribution in [0.3, 0.4) is 0 Å². The Morgan fingerprint density at radius 1 is 1.42 bits per heavy atom. The van der Waals surface area contributed by atoms with E-state index in [0.29, 0.717) is 12.2 Å². The first-order valence-electron chi connectivity index (χ1n) is 6.55. The molecule has 0 heterocycles. The molecule has 1 aromatic carbocycles. The molecule has 0 aromatic heterocycles. The fourth-order valence-electron chi connectivity index (χ4n) is 1.87. The number of phenols is 1. The Labute approximate surface area is 115 Å². The molecule has 0 unspecified atom stereocenters. The van der Waals surface area contributed by atoms with Crippen molar-refractivity contribution >= 4 is 11.6 Å². The molecule has 19 heavy (non-hydrogen) atoms. The summed E-state index contributed by atoms with van der Waals surface area (Å²) in [6.45, 7) is 10.2. The van der Waals surface area contributed by atoms with E-state index in [2.05, 4.69) is 0 Å². The van der Waals surface area contributed by atoms with Crippen molar-refractivity contribution in [3.63, 3.8) is 0 Å². The summed E-state index contributed by atoms with van der Waals surface area (Å²) in [6, 6.07) is 4.44. The highest BCUT2D eigenvalue weighted by molar-refractivity contribution is 5.98. The zero-order valence-electron chi connectivity index (χ0n) is 12.4. The van der Waals surface area contributed by atoms with Crippen LogP contribution in [0.25, 0.3) is 0 Å². The summed E-state index contributed by atoms with van der Waals surface area (Å²) in [5.74, 6) is 0.0277. The number of aromatic hydroxyl groups is 1. The van der Waals surface area contributed by atoms with Crippen LogP contribution in [-0.4, -0.2) is 23.6 Å². The van der Waals surface area contributed by atoms with Crippen LogP contribution in [0.1, 0.15) is 33.3 Å². The van der Waals surface area contributed by atoms with E-state index in [1.807, 2.05) is 34.6 Å². The number of rotatable bonds is 3. The summed E-state index contributed by atoms with van der Waals surface area (Å²) in [5, 5.41) is 9.59. The van der Waals surface area contributed by atoms with Crippen LogP contribution in [0, 0.1) is 12.3 Å². The lowest BCUT2D eigenvalue weighted by Crippen LogP contribution is -2.50. The largest absolute Gasteiger partial charge is 0.508 e. The third-order valence-corrected chi connectivity index (χ3v) is 3.26. The minimum atomic E-state index is -0.575. The number of amides is 1. The van der Waals surface area contributed by atoms with Crippen molar-refractivity contribution in [1.82, 2.24) is 0 Å². The van der Waals surface area contributed by atoms with E-state index in [1.165, 1.54) is 0 Å². The highest BCUT2D eigenvalue weighted by atomic mass is 16.3. The van der Waals surface area contributed by atoms with E-state index < -0.39 is 6.04 Å². The van der Waals surface area contributed by atoms with Gasteiger partial charge < -0.3 is 15.7 Å². The molecule has 0 fully saturated rings. The van der Waals surface area contributed by atoms with Crippen LogP contribution < -0.4 is 10.6 Å². The second kappa shape index (κ2) is 5.61. The number of hydrogen-bond donors (Lipinski definition) is 2. The van der Waals surface area contributed by atoms with Gasteiger partial charge >= 0.3 is 0 Å². The summed E-state index contributed by atoms with van der Waals surface area (Å²) in [5.41, 5.74) is 7.40. The summed E-state index contributed by atoms with van der Waals surface area (Å²) < 4.78 is 0. The average molecular weight is 264 g/mol. The van der Waals surface area contributed by atoms with Gasteiger partial charge in [-0.2, -0.15) is 0 Å². The molecule has 0 bridgehead atoms. The molecular formula is C15H24N2O2. The molecule has 3 N–H and O–H groups in total. The first-order chi connectivity index (χ1) is 8.68. The highest BCUT2D eigenvalue weighted by Crippen LogP contribution is 2.27. The number of carbonyl (C=O) groups excluding carboxylic acids is 1. The van der Waals surface area contributed by atoms with Crippen molar-refractivity contribution in [2.45, 2.75) is 40.7 Å². The number of anilines is 1. The number of likely N-dealkylation sites (N-methyl/N-ethyl adjacent to an activating group) is 1. The summed E-state index contributed by atoms with van der Waals surface area (Å²) in [6.07, 6.45) is 0. The van der Waals surface area contributed by atoms with E-state index in [-0.39, 0.29) is 17.1 Å². The SMILES string of the molecule is CCN(C(=O)[C@H](N)C(C)(C)C)c1cc(O)ccc1C.